The summed E-state index contributed by atoms with van der Waals surface area (Å²) in [5.74, 6) is 0.989. The molecule has 0 radical (unpaired) electrons. The van der Waals surface area contributed by atoms with Gasteiger partial charge in [-0.15, -0.1) is 6.58 Å². The third-order valence-corrected chi connectivity index (χ3v) is 5.22. The summed E-state index contributed by atoms with van der Waals surface area (Å²) in [5, 5.41) is 11.5. The molecule has 0 saturated carbocycles. The van der Waals surface area contributed by atoms with E-state index in [1.165, 1.54) is 76.2 Å². The normalized spacial score (nSPS) is 10.7. The zero-order valence-electron chi connectivity index (χ0n) is 23.9. The molecule has 0 heterocycles. The van der Waals surface area contributed by atoms with Crippen molar-refractivity contribution in [3.05, 3.63) is 12.2 Å². The topological polar surface area (TPSA) is 58.6 Å². The maximum Gasteiger partial charge on any atom is 0.219 e. The lowest BCUT2D eigenvalue weighted by Crippen LogP contribution is -2.26. The van der Waals surface area contributed by atoms with Crippen LogP contribution in [0.5, 0.6) is 0 Å². The van der Waals surface area contributed by atoms with Crippen molar-refractivity contribution in [3.63, 3.8) is 0 Å². The predicted octanol–water partition coefficient (Wildman–Crippen LogP) is 8.23. The molecule has 200 valence electrons. The minimum Gasteiger partial charge on any atom is -0.393 e. The third-order valence-electron chi connectivity index (χ3n) is 5.22. The quantitative estimate of drug-likeness (QED) is 0.156. The van der Waals surface area contributed by atoms with Gasteiger partial charge in [0, 0.05) is 20.1 Å². The fourth-order valence-electron chi connectivity index (χ4n) is 2.84. The first kappa shape index (κ1) is 36.7. The second-order valence-corrected chi connectivity index (χ2v) is 10.5. The van der Waals surface area contributed by atoms with Crippen molar-refractivity contribution in [3.8, 4) is 0 Å². The zero-order valence-corrected chi connectivity index (χ0v) is 23.9. The molecule has 0 aliphatic carbocycles. The van der Waals surface area contributed by atoms with Gasteiger partial charge in [0.25, 0.3) is 0 Å². The zero-order chi connectivity index (χ0) is 26.0. The Morgan fingerprint density at radius 2 is 1.33 bits per heavy atom. The van der Waals surface area contributed by atoms with Crippen molar-refractivity contribution in [2.24, 2.45) is 5.92 Å². The molecule has 0 aromatic heterocycles. The molecule has 0 atom stereocenters. The van der Waals surface area contributed by atoms with E-state index >= 15 is 0 Å². The van der Waals surface area contributed by atoms with Crippen molar-refractivity contribution in [1.82, 2.24) is 5.32 Å². The van der Waals surface area contributed by atoms with Gasteiger partial charge in [0.15, 0.2) is 0 Å². The summed E-state index contributed by atoms with van der Waals surface area (Å²) in [7, 11) is 1.58. The van der Waals surface area contributed by atoms with Crippen LogP contribution < -0.4 is 5.32 Å². The molecule has 0 rings (SSSR count). The lowest BCUT2D eigenvalue weighted by molar-refractivity contribution is -0.121. The van der Waals surface area contributed by atoms with E-state index in [1.807, 2.05) is 27.7 Å². The fraction of sp³-hybridized carbons (Fsp3) is 0.897. The van der Waals surface area contributed by atoms with Crippen LogP contribution >= 0.6 is 0 Å². The molecule has 0 aliphatic heterocycles. The highest BCUT2D eigenvalue weighted by Crippen LogP contribution is 2.12. The van der Waals surface area contributed by atoms with Crippen LogP contribution in [0.2, 0.25) is 0 Å². The van der Waals surface area contributed by atoms with Gasteiger partial charge in [0.05, 0.1) is 12.2 Å². The first-order valence-electron chi connectivity index (χ1n) is 13.6. The van der Waals surface area contributed by atoms with E-state index in [-0.39, 0.29) is 18.1 Å². The van der Waals surface area contributed by atoms with Gasteiger partial charge in [0.1, 0.15) is 0 Å². The van der Waals surface area contributed by atoms with E-state index in [9.17, 15) is 4.79 Å². The molecular weight excluding hydrogens is 410 g/mol. The van der Waals surface area contributed by atoms with Crippen LogP contribution in [0.3, 0.4) is 0 Å². The molecule has 1 amide bonds. The lowest BCUT2D eigenvalue weighted by atomic mass is 10.1. The number of allylic oxidation sites excluding steroid dienone is 1. The number of aliphatic hydroxyl groups excluding tert-OH is 1. The number of hydrogen-bond acceptors (Lipinski definition) is 3. The lowest BCUT2D eigenvalue weighted by Gasteiger charge is -2.18. The first-order chi connectivity index (χ1) is 15.5. The van der Waals surface area contributed by atoms with Crippen LogP contribution in [0.4, 0.5) is 0 Å². The average molecular weight is 472 g/mol. The number of ether oxygens (including phenoxy) is 1. The van der Waals surface area contributed by atoms with E-state index in [2.05, 4.69) is 32.7 Å². The molecule has 0 spiro atoms. The molecule has 0 bridgehead atoms. The Labute approximate surface area is 208 Å². The van der Waals surface area contributed by atoms with Crippen LogP contribution in [0, 0.1) is 5.92 Å². The Morgan fingerprint density at radius 3 is 1.67 bits per heavy atom. The Morgan fingerprint density at radius 1 is 0.909 bits per heavy atom. The molecule has 0 unspecified atom stereocenters. The molecule has 0 aliphatic rings. The van der Waals surface area contributed by atoms with Crippen LogP contribution in [-0.4, -0.2) is 36.9 Å². The largest absolute Gasteiger partial charge is 0.393 e. The van der Waals surface area contributed by atoms with Crippen molar-refractivity contribution in [1.29, 1.82) is 0 Å². The van der Waals surface area contributed by atoms with Gasteiger partial charge in [0.2, 0.25) is 5.91 Å². The van der Waals surface area contributed by atoms with Crippen LogP contribution in [0.25, 0.3) is 0 Å². The smallest absolute Gasteiger partial charge is 0.219 e. The number of carbonyl (C=O) groups is 1. The molecule has 4 heteroatoms. The Balaban J connectivity index is -0.000000673. The standard InChI is InChI=1S/C20H41NO.C5H12O2.C4H8/c1-4-5-6-7-8-9-10-11-12-13-14-17-20(22)21-18-15-16-19(2)3;1-5(2,4-6)7-3;1-4(2)3/h19H,4-18H2,1-3H3,(H,21,22);6H,4H2,1-3H3;1H2,2-3H3. The van der Waals surface area contributed by atoms with Gasteiger partial charge >= 0.3 is 0 Å². The number of methoxy groups -OCH3 is 1. The van der Waals surface area contributed by atoms with E-state index < -0.39 is 0 Å². The highest BCUT2D eigenvalue weighted by molar-refractivity contribution is 5.75. The fourth-order valence-corrected chi connectivity index (χ4v) is 2.84. The van der Waals surface area contributed by atoms with Gasteiger partial charge in [-0.3, -0.25) is 4.79 Å². The molecule has 4 nitrogen and oxygen atoms in total. The second kappa shape index (κ2) is 27.4. The Bertz CT molecular complexity index is 409. The van der Waals surface area contributed by atoms with E-state index in [4.69, 9.17) is 9.84 Å². The summed E-state index contributed by atoms with van der Waals surface area (Å²) in [6, 6.07) is 0. The van der Waals surface area contributed by atoms with Crippen LogP contribution in [-0.2, 0) is 9.53 Å². The summed E-state index contributed by atoms with van der Waals surface area (Å²) in [6.45, 7) is 18.8. The van der Waals surface area contributed by atoms with Gasteiger partial charge in [-0.1, -0.05) is 90.6 Å². The minimum absolute atomic E-state index is 0.0729. The summed E-state index contributed by atoms with van der Waals surface area (Å²) >= 11 is 0. The number of amides is 1. The first-order valence-corrected chi connectivity index (χ1v) is 13.6. The predicted molar refractivity (Wildman–Crippen MR) is 147 cm³/mol. The summed E-state index contributed by atoms with van der Waals surface area (Å²) in [4.78, 5) is 11.6. The number of carbonyl (C=O) groups excluding carboxylic acids is 1. The third kappa shape index (κ3) is 41.8. The number of aliphatic hydroxyl groups is 1. The van der Waals surface area contributed by atoms with Crippen molar-refractivity contribution in [2.75, 3.05) is 20.3 Å². The van der Waals surface area contributed by atoms with Crippen molar-refractivity contribution in [2.45, 2.75) is 144 Å². The summed E-state index contributed by atoms with van der Waals surface area (Å²) in [6.07, 6.45) is 17.8. The SMILES string of the molecule is C=C(C)C.CCCCCCCCCCCCCC(=O)NCCCC(C)C.COC(C)(C)CO. The maximum absolute atomic E-state index is 11.6. The van der Waals surface area contributed by atoms with Crippen LogP contribution in [0.15, 0.2) is 12.2 Å². The second-order valence-electron chi connectivity index (χ2n) is 10.5. The number of unbranched alkanes of at least 4 members (excludes halogenated alkanes) is 10. The Kier molecular flexibility index (Phi) is 30.4. The van der Waals surface area contributed by atoms with Crippen molar-refractivity contribution < 1.29 is 14.6 Å². The highest BCUT2D eigenvalue weighted by Gasteiger charge is 2.12. The number of hydrogen-bond donors (Lipinski definition) is 2. The van der Waals surface area contributed by atoms with Gasteiger partial charge in [-0.25, -0.2) is 0 Å². The van der Waals surface area contributed by atoms with Gasteiger partial charge in [-0.05, 0) is 52.9 Å². The average Bonchev–Trinajstić information content (AvgIpc) is 2.75. The van der Waals surface area contributed by atoms with E-state index in [1.54, 1.807) is 7.11 Å². The molecule has 0 aromatic carbocycles. The number of nitrogens with one attached hydrogen (secondary N) is 1. The summed E-state index contributed by atoms with van der Waals surface area (Å²) in [5.41, 5.74) is 0.806. The molecule has 0 saturated heterocycles. The minimum atomic E-state index is -0.361. The van der Waals surface area contributed by atoms with E-state index in [0.717, 1.165) is 31.7 Å². The summed E-state index contributed by atoms with van der Waals surface area (Å²) < 4.78 is 4.84. The molecule has 0 fully saturated rings. The Hall–Kier alpha value is -0.870. The van der Waals surface area contributed by atoms with Gasteiger partial charge in [-0.2, -0.15) is 0 Å². The van der Waals surface area contributed by atoms with Crippen LogP contribution in [0.1, 0.15) is 138 Å². The molecule has 0 aromatic rings. The molecule has 33 heavy (non-hydrogen) atoms. The molecule has 2 N–H and O–H groups in total. The number of rotatable bonds is 18. The van der Waals surface area contributed by atoms with Crippen molar-refractivity contribution >= 4 is 5.91 Å². The van der Waals surface area contributed by atoms with Gasteiger partial charge < -0.3 is 15.2 Å². The highest BCUT2D eigenvalue weighted by atomic mass is 16.5. The maximum atomic E-state index is 11.6. The van der Waals surface area contributed by atoms with E-state index in [0.29, 0.717) is 0 Å². The monoisotopic (exact) mass is 471 g/mol. The molecular formula is C29H61NO3.